The number of alkyl halides is 2. The molecular weight excluding hydrogens is 188 g/mol. The normalized spacial score (nSPS) is 22.3. The van der Waals surface area contributed by atoms with Gasteiger partial charge in [-0.1, -0.05) is 20.8 Å². The molecule has 0 spiro atoms. The SMILES string of the molecule is CC.CCCN1CCC(OC(F)F)C1. The predicted octanol–water partition coefficient (Wildman–Crippen LogP) is 2.74. The quantitative estimate of drug-likeness (QED) is 0.706. The summed E-state index contributed by atoms with van der Waals surface area (Å²) in [5, 5.41) is 0. The number of nitrogens with zero attached hydrogens (tertiary/aromatic N) is 1. The van der Waals surface area contributed by atoms with E-state index in [4.69, 9.17) is 0 Å². The number of rotatable bonds is 4. The molecule has 1 aliphatic heterocycles. The van der Waals surface area contributed by atoms with Crippen molar-refractivity contribution in [1.82, 2.24) is 4.90 Å². The molecule has 1 aliphatic rings. The molecule has 0 aliphatic carbocycles. The van der Waals surface area contributed by atoms with Gasteiger partial charge in [0.05, 0.1) is 6.10 Å². The molecule has 86 valence electrons. The lowest BCUT2D eigenvalue weighted by Crippen LogP contribution is -2.25. The third-order valence-electron chi connectivity index (χ3n) is 2.06. The molecule has 14 heavy (non-hydrogen) atoms. The first-order chi connectivity index (χ1) is 6.72. The van der Waals surface area contributed by atoms with Gasteiger partial charge in [0.25, 0.3) is 0 Å². The van der Waals surface area contributed by atoms with Crippen molar-refractivity contribution in [3.05, 3.63) is 0 Å². The molecule has 1 heterocycles. The molecule has 0 bridgehead atoms. The van der Waals surface area contributed by atoms with Crippen LogP contribution in [0.25, 0.3) is 0 Å². The first kappa shape index (κ1) is 13.8. The molecule has 1 unspecified atom stereocenters. The molecule has 0 aromatic carbocycles. The van der Waals surface area contributed by atoms with Crippen molar-refractivity contribution in [1.29, 1.82) is 0 Å². The molecular formula is C10H21F2NO. The van der Waals surface area contributed by atoms with Gasteiger partial charge in [0.1, 0.15) is 0 Å². The minimum atomic E-state index is -2.61. The fraction of sp³-hybridized carbons (Fsp3) is 1.00. The summed E-state index contributed by atoms with van der Waals surface area (Å²) >= 11 is 0. The second-order valence-electron chi connectivity index (χ2n) is 3.11. The van der Waals surface area contributed by atoms with E-state index in [1.807, 2.05) is 13.8 Å². The highest BCUT2D eigenvalue weighted by molar-refractivity contribution is 4.75. The molecule has 4 heteroatoms. The Bertz CT molecular complexity index is 133. The van der Waals surface area contributed by atoms with Gasteiger partial charge in [0, 0.05) is 13.1 Å². The molecule has 0 aromatic rings. The van der Waals surface area contributed by atoms with Gasteiger partial charge >= 0.3 is 6.61 Å². The second kappa shape index (κ2) is 8.12. The van der Waals surface area contributed by atoms with E-state index >= 15 is 0 Å². The summed E-state index contributed by atoms with van der Waals surface area (Å²) in [6, 6.07) is 0. The van der Waals surface area contributed by atoms with Crippen LogP contribution in [0.15, 0.2) is 0 Å². The highest BCUT2D eigenvalue weighted by Crippen LogP contribution is 2.15. The maximum Gasteiger partial charge on any atom is 0.345 e. The van der Waals surface area contributed by atoms with Crippen molar-refractivity contribution in [2.24, 2.45) is 0 Å². The molecule has 0 radical (unpaired) electrons. The summed E-state index contributed by atoms with van der Waals surface area (Å²) in [6.07, 6.45) is 1.56. The van der Waals surface area contributed by atoms with E-state index in [0.29, 0.717) is 6.54 Å². The van der Waals surface area contributed by atoms with Gasteiger partial charge in [-0.15, -0.1) is 0 Å². The number of ether oxygens (including phenoxy) is 1. The summed E-state index contributed by atoms with van der Waals surface area (Å²) in [4.78, 5) is 2.16. The van der Waals surface area contributed by atoms with Gasteiger partial charge in [-0.25, -0.2) is 0 Å². The van der Waals surface area contributed by atoms with Gasteiger partial charge in [0.2, 0.25) is 0 Å². The van der Waals surface area contributed by atoms with Crippen LogP contribution in [-0.2, 0) is 4.74 Å². The second-order valence-corrected chi connectivity index (χ2v) is 3.11. The standard InChI is InChI=1S/C8H15F2NO.C2H6/c1-2-4-11-5-3-7(6-11)12-8(9)10;1-2/h7-8H,2-6H2,1H3;1-2H3. The zero-order valence-corrected chi connectivity index (χ0v) is 9.30. The number of hydrogen-bond acceptors (Lipinski definition) is 2. The van der Waals surface area contributed by atoms with Gasteiger partial charge in [-0.2, -0.15) is 8.78 Å². The zero-order chi connectivity index (χ0) is 11.0. The van der Waals surface area contributed by atoms with Crippen molar-refractivity contribution in [3.8, 4) is 0 Å². The summed E-state index contributed by atoms with van der Waals surface area (Å²) in [5.74, 6) is 0. The molecule has 0 N–H and O–H groups in total. The van der Waals surface area contributed by atoms with Gasteiger partial charge in [-0.3, -0.25) is 0 Å². The summed E-state index contributed by atoms with van der Waals surface area (Å²) in [6.45, 7) is 6.02. The van der Waals surface area contributed by atoms with Gasteiger partial charge < -0.3 is 9.64 Å². The smallest absolute Gasteiger partial charge is 0.318 e. The van der Waals surface area contributed by atoms with Crippen LogP contribution in [0, 0.1) is 0 Å². The molecule has 0 aromatic heterocycles. The third kappa shape index (κ3) is 5.50. The van der Waals surface area contributed by atoms with Crippen molar-refractivity contribution < 1.29 is 13.5 Å². The molecule has 0 saturated carbocycles. The minimum Gasteiger partial charge on any atom is -0.318 e. The predicted molar refractivity (Wildman–Crippen MR) is 53.6 cm³/mol. The topological polar surface area (TPSA) is 12.5 Å². The number of likely N-dealkylation sites (tertiary alicyclic amines) is 1. The van der Waals surface area contributed by atoms with Crippen LogP contribution in [0.5, 0.6) is 0 Å². The Labute approximate surface area is 85.2 Å². The van der Waals surface area contributed by atoms with Crippen molar-refractivity contribution in [2.45, 2.75) is 46.3 Å². The monoisotopic (exact) mass is 209 g/mol. The Kier molecular flexibility index (Phi) is 7.99. The highest BCUT2D eigenvalue weighted by atomic mass is 19.3. The molecule has 1 saturated heterocycles. The van der Waals surface area contributed by atoms with E-state index in [2.05, 4.69) is 16.6 Å². The molecule has 1 rings (SSSR count). The Morgan fingerprint density at radius 1 is 1.43 bits per heavy atom. The Morgan fingerprint density at radius 3 is 2.57 bits per heavy atom. The number of halogens is 2. The fourth-order valence-electron chi connectivity index (χ4n) is 1.57. The van der Waals surface area contributed by atoms with Crippen LogP contribution in [0.1, 0.15) is 33.6 Å². The van der Waals surface area contributed by atoms with Crippen LogP contribution < -0.4 is 0 Å². The molecule has 0 amide bonds. The van der Waals surface area contributed by atoms with E-state index < -0.39 is 6.61 Å². The maximum absolute atomic E-state index is 11.8. The van der Waals surface area contributed by atoms with E-state index in [0.717, 1.165) is 25.9 Å². The Hall–Kier alpha value is -0.220. The van der Waals surface area contributed by atoms with E-state index in [9.17, 15) is 8.78 Å². The first-order valence-electron chi connectivity index (χ1n) is 5.38. The molecule has 1 atom stereocenters. The average Bonchev–Trinajstić information content (AvgIpc) is 2.56. The third-order valence-corrected chi connectivity index (χ3v) is 2.06. The molecule has 2 nitrogen and oxygen atoms in total. The van der Waals surface area contributed by atoms with Crippen LogP contribution in [-0.4, -0.2) is 37.2 Å². The minimum absolute atomic E-state index is 0.253. The zero-order valence-electron chi connectivity index (χ0n) is 9.30. The van der Waals surface area contributed by atoms with Crippen molar-refractivity contribution in [2.75, 3.05) is 19.6 Å². The van der Waals surface area contributed by atoms with Crippen LogP contribution in [0.2, 0.25) is 0 Å². The van der Waals surface area contributed by atoms with Crippen LogP contribution >= 0.6 is 0 Å². The average molecular weight is 209 g/mol. The highest BCUT2D eigenvalue weighted by Gasteiger charge is 2.24. The summed E-state index contributed by atoms with van der Waals surface area (Å²) < 4.78 is 27.9. The van der Waals surface area contributed by atoms with E-state index in [1.165, 1.54) is 0 Å². The lowest BCUT2D eigenvalue weighted by molar-refractivity contribution is -0.158. The van der Waals surface area contributed by atoms with Gasteiger partial charge in [0.15, 0.2) is 0 Å². The van der Waals surface area contributed by atoms with E-state index in [1.54, 1.807) is 0 Å². The lowest BCUT2D eigenvalue weighted by atomic mass is 10.3. The maximum atomic E-state index is 11.8. The van der Waals surface area contributed by atoms with Crippen LogP contribution in [0.4, 0.5) is 8.78 Å². The largest absolute Gasteiger partial charge is 0.345 e. The van der Waals surface area contributed by atoms with E-state index in [-0.39, 0.29) is 6.10 Å². The molecule has 1 fully saturated rings. The van der Waals surface area contributed by atoms with Crippen LogP contribution in [0.3, 0.4) is 0 Å². The van der Waals surface area contributed by atoms with Crippen molar-refractivity contribution in [3.63, 3.8) is 0 Å². The fourth-order valence-corrected chi connectivity index (χ4v) is 1.57. The summed E-state index contributed by atoms with van der Waals surface area (Å²) in [7, 11) is 0. The Morgan fingerprint density at radius 2 is 2.07 bits per heavy atom. The first-order valence-corrected chi connectivity index (χ1v) is 5.38. The summed E-state index contributed by atoms with van der Waals surface area (Å²) in [5.41, 5.74) is 0. The van der Waals surface area contributed by atoms with Gasteiger partial charge in [-0.05, 0) is 19.4 Å². The van der Waals surface area contributed by atoms with Crippen molar-refractivity contribution >= 4 is 0 Å². The lowest BCUT2D eigenvalue weighted by Gasteiger charge is -2.14. The number of hydrogen-bond donors (Lipinski definition) is 0. The Balaban J connectivity index is 0.000000791.